The first kappa shape index (κ1) is 22.1. The minimum atomic E-state index is -4.41. The normalized spacial score (nSPS) is 22.2. The molecule has 1 aromatic carbocycles. The Morgan fingerprint density at radius 3 is 1.94 bits per heavy atom. The second kappa shape index (κ2) is 9.18. The molecule has 2 amide bonds. The Kier molecular flexibility index (Phi) is 6.55. The zero-order chi connectivity index (χ0) is 22.0. The number of amides is 2. The molecule has 0 aromatic heterocycles. The molecule has 1 unspecified atom stereocenters. The van der Waals surface area contributed by atoms with Crippen LogP contribution in [-0.2, 0) is 11.0 Å². The molecule has 2 aliphatic heterocycles. The number of alkyl halides is 3. The number of benzene rings is 1. The van der Waals surface area contributed by atoms with E-state index in [1.807, 2.05) is 4.90 Å². The second-order valence-electron chi connectivity index (χ2n) is 8.93. The largest absolute Gasteiger partial charge is 0.416 e. The Balaban J connectivity index is 1.40. The van der Waals surface area contributed by atoms with E-state index in [1.54, 1.807) is 4.90 Å². The van der Waals surface area contributed by atoms with E-state index in [0.29, 0.717) is 32.1 Å². The number of halogens is 3. The lowest BCUT2D eigenvalue weighted by Crippen LogP contribution is -2.58. The predicted octanol–water partition coefficient (Wildman–Crippen LogP) is 3.64. The minimum absolute atomic E-state index is 0.107. The molecule has 170 valence electrons. The van der Waals surface area contributed by atoms with E-state index in [4.69, 9.17) is 0 Å². The molecule has 0 spiro atoms. The van der Waals surface area contributed by atoms with Gasteiger partial charge < -0.3 is 9.80 Å². The Morgan fingerprint density at radius 1 is 0.806 bits per heavy atom. The topological polar surface area (TPSA) is 43.9 Å². The van der Waals surface area contributed by atoms with Gasteiger partial charge in [-0.05, 0) is 55.9 Å². The van der Waals surface area contributed by atoms with E-state index in [2.05, 4.69) is 4.90 Å². The Labute approximate surface area is 181 Å². The Morgan fingerprint density at radius 2 is 1.39 bits per heavy atom. The number of carbonyl (C=O) groups excluding carboxylic acids is 2. The summed E-state index contributed by atoms with van der Waals surface area (Å²) >= 11 is 0. The van der Waals surface area contributed by atoms with Gasteiger partial charge in [-0.25, -0.2) is 0 Å². The maximum atomic E-state index is 13.3. The van der Waals surface area contributed by atoms with Gasteiger partial charge in [0.05, 0.1) is 11.6 Å². The number of nitrogens with zero attached hydrogens (tertiary/aromatic N) is 3. The summed E-state index contributed by atoms with van der Waals surface area (Å²) in [6.45, 7) is 3.88. The van der Waals surface area contributed by atoms with Gasteiger partial charge in [0.15, 0.2) is 0 Å². The molecule has 1 aliphatic carbocycles. The van der Waals surface area contributed by atoms with Crippen LogP contribution in [0.4, 0.5) is 13.2 Å². The highest BCUT2D eigenvalue weighted by molar-refractivity contribution is 5.94. The van der Waals surface area contributed by atoms with E-state index in [9.17, 15) is 22.8 Å². The van der Waals surface area contributed by atoms with Gasteiger partial charge in [-0.1, -0.05) is 12.8 Å². The van der Waals surface area contributed by atoms with Crippen molar-refractivity contribution in [3.63, 3.8) is 0 Å². The van der Waals surface area contributed by atoms with E-state index in [1.165, 1.54) is 25.0 Å². The maximum Gasteiger partial charge on any atom is 0.416 e. The molecule has 2 saturated heterocycles. The van der Waals surface area contributed by atoms with Crippen molar-refractivity contribution in [2.24, 2.45) is 5.92 Å². The summed E-state index contributed by atoms with van der Waals surface area (Å²) in [7, 11) is 0. The zero-order valence-corrected chi connectivity index (χ0v) is 17.7. The Bertz CT molecular complexity index is 776. The maximum absolute atomic E-state index is 13.3. The molecule has 0 bridgehead atoms. The van der Waals surface area contributed by atoms with Crippen LogP contribution >= 0.6 is 0 Å². The number of rotatable bonds is 4. The minimum Gasteiger partial charge on any atom is -0.341 e. The van der Waals surface area contributed by atoms with Crippen molar-refractivity contribution in [1.82, 2.24) is 14.7 Å². The van der Waals surface area contributed by atoms with Crippen LogP contribution in [0.1, 0.15) is 54.4 Å². The molecule has 31 heavy (non-hydrogen) atoms. The number of piperazine rings is 1. The number of carbonyl (C=O) groups is 2. The van der Waals surface area contributed by atoms with Gasteiger partial charge in [-0.3, -0.25) is 14.5 Å². The molecule has 3 aliphatic rings. The standard InChI is InChI=1S/C23H30F3N3O2/c24-23(25,26)19-9-7-18(8-10-19)21(30)29-15-13-27(14-16-29)20(17-5-1-2-6-17)22(31)28-11-3-4-12-28/h7-10,17,20H,1-6,11-16H2. The van der Waals surface area contributed by atoms with Gasteiger partial charge in [0, 0.05) is 44.8 Å². The number of hydrogen-bond donors (Lipinski definition) is 0. The zero-order valence-electron chi connectivity index (χ0n) is 17.7. The summed E-state index contributed by atoms with van der Waals surface area (Å²) in [6, 6.07) is 4.29. The van der Waals surface area contributed by atoms with Crippen LogP contribution in [0.3, 0.4) is 0 Å². The number of hydrogen-bond acceptors (Lipinski definition) is 3. The van der Waals surface area contributed by atoms with Crippen molar-refractivity contribution in [2.45, 2.75) is 50.7 Å². The van der Waals surface area contributed by atoms with Crippen LogP contribution in [0.2, 0.25) is 0 Å². The first-order chi connectivity index (χ1) is 14.8. The highest BCUT2D eigenvalue weighted by Crippen LogP contribution is 2.33. The average Bonchev–Trinajstić information content (AvgIpc) is 3.48. The van der Waals surface area contributed by atoms with Crippen LogP contribution in [0.15, 0.2) is 24.3 Å². The molecule has 4 rings (SSSR count). The first-order valence-electron chi connectivity index (χ1n) is 11.3. The third-order valence-electron chi connectivity index (χ3n) is 6.97. The van der Waals surface area contributed by atoms with Gasteiger partial charge >= 0.3 is 6.18 Å². The van der Waals surface area contributed by atoms with E-state index < -0.39 is 11.7 Å². The van der Waals surface area contributed by atoms with Gasteiger partial charge in [-0.2, -0.15) is 13.2 Å². The summed E-state index contributed by atoms with van der Waals surface area (Å²) in [4.78, 5) is 32.0. The Hall–Kier alpha value is -2.09. The smallest absolute Gasteiger partial charge is 0.341 e. The van der Waals surface area contributed by atoms with Crippen LogP contribution in [0, 0.1) is 5.92 Å². The summed E-state index contributed by atoms with van der Waals surface area (Å²) in [5.41, 5.74) is -0.490. The molecular formula is C23H30F3N3O2. The van der Waals surface area contributed by atoms with Crippen LogP contribution in [-0.4, -0.2) is 71.8 Å². The quantitative estimate of drug-likeness (QED) is 0.723. The van der Waals surface area contributed by atoms with Gasteiger partial charge in [0.25, 0.3) is 5.91 Å². The summed E-state index contributed by atoms with van der Waals surface area (Å²) in [6.07, 6.45) is 2.22. The molecule has 1 atom stereocenters. The second-order valence-corrected chi connectivity index (χ2v) is 8.93. The lowest BCUT2D eigenvalue weighted by atomic mass is 9.94. The van der Waals surface area contributed by atoms with Crippen molar-refractivity contribution in [2.75, 3.05) is 39.3 Å². The van der Waals surface area contributed by atoms with Crippen molar-refractivity contribution >= 4 is 11.8 Å². The van der Waals surface area contributed by atoms with Crippen LogP contribution < -0.4 is 0 Å². The summed E-state index contributed by atoms with van der Waals surface area (Å²) in [5, 5.41) is 0. The van der Waals surface area contributed by atoms with E-state index in [-0.39, 0.29) is 23.4 Å². The average molecular weight is 438 g/mol. The molecule has 2 heterocycles. The van der Waals surface area contributed by atoms with Crippen molar-refractivity contribution < 1.29 is 22.8 Å². The van der Waals surface area contributed by atoms with E-state index in [0.717, 1.165) is 50.9 Å². The fourth-order valence-electron chi connectivity index (χ4n) is 5.24. The lowest BCUT2D eigenvalue weighted by molar-refractivity contribution is -0.139. The van der Waals surface area contributed by atoms with Crippen molar-refractivity contribution in [1.29, 1.82) is 0 Å². The third-order valence-corrected chi connectivity index (χ3v) is 6.97. The van der Waals surface area contributed by atoms with Crippen molar-refractivity contribution in [3.05, 3.63) is 35.4 Å². The first-order valence-corrected chi connectivity index (χ1v) is 11.3. The van der Waals surface area contributed by atoms with Gasteiger partial charge in [0.1, 0.15) is 0 Å². The molecule has 3 fully saturated rings. The number of likely N-dealkylation sites (tertiary alicyclic amines) is 1. The summed E-state index contributed by atoms with van der Waals surface area (Å²) < 4.78 is 38.3. The summed E-state index contributed by atoms with van der Waals surface area (Å²) in [5.74, 6) is 0.369. The molecule has 1 aromatic rings. The van der Waals surface area contributed by atoms with Gasteiger partial charge in [0.2, 0.25) is 5.91 Å². The molecule has 0 radical (unpaired) electrons. The predicted molar refractivity (Wildman–Crippen MR) is 110 cm³/mol. The highest BCUT2D eigenvalue weighted by Gasteiger charge is 2.40. The molecule has 0 N–H and O–H groups in total. The fraction of sp³-hybridized carbons (Fsp3) is 0.652. The SMILES string of the molecule is O=C(c1ccc(C(F)(F)F)cc1)N1CCN(C(C(=O)N2CCCC2)C2CCCC2)CC1. The molecule has 1 saturated carbocycles. The monoisotopic (exact) mass is 437 g/mol. The fourth-order valence-corrected chi connectivity index (χ4v) is 5.24. The van der Waals surface area contributed by atoms with Gasteiger partial charge in [-0.15, -0.1) is 0 Å². The molecule has 8 heteroatoms. The molecular weight excluding hydrogens is 407 g/mol. The van der Waals surface area contributed by atoms with Crippen LogP contribution in [0.5, 0.6) is 0 Å². The lowest BCUT2D eigenvalue weighted by Gasteiger charge is -2.42. The van der Waals surface area contributed by atoms with Crippen molar-refractivity contribution in [3.8, 4) is 0 Å². The highest BCUT2D eigenvalue weighted by atomic mass is 19.4. The third kappa shape index (κ3) is 4.89. The molecule has 5 nitrogen and oxygen atoms in total. The van der Waals surface area contributed by atoms with E-state index >= 15 is 0 Å². The van der Waals surface area contributed by atoms with Crippen LogP contribution in [0.25, 0.3) is 0 Å².